The van der Waals surface area contributed by atoms with Crippen molar-refractivity contribution in [2.75, 3.05) is 11.9 Å². The number of nitrogens with zero attached hydrogens (tertiary/aromatic N) is 4. The van der Waals surface area contributed by atoms with Crippen molar-refractivity contribution < 1.29 is 19.1 Å². The van der Waals surface area contributed by atoms with Crippen molar-refractivity contribution in [2.45, 2.75) is 64.7 Å². The Morgan fingerprint density at radius 1 is 1.28 bits per heavy atom. The van der Waals surface area contributed by atoms with Crippen LogP contribution in [0.15, 0.2) is 47.3 Å². The standard InChI is InChI=1S/C27H31N5O4/c1-16-10-17(6-8-28-16)25-30-23(15-35-25)24(33)29-22-11-18-14-32(19-7-9-36-26(2,3)13-19)31-21(18)12-20(22)27(4,5)34/h6,8,10-12,14-15,19,34H,7,9,13H2,1-5H3,(H,29,33). The predicted molar refractivity (Wildman–Crippen MR) is 136 cm³/mol. The van der Waals surface area contributed by atoms with Crippen LogP contribution in [-0.4, -0.2) is 43.0 Å². The number of hydrogen-bond acceptors (Lipinski definition) is 7. The molecule has 3 aromatic heterocycles. The summed E-state index contributed by atoms with van der Waals surface area (Å²) in [5.74, 6) is -0.0938. The molecule has 1 fully saturated rings. The van der Waals surface area contributed by atoms with Crippen LogP contribution in [0.3, 0.4) is 0 Å². The quantitative estimate of drug-likeness (QED) is 0.405. The molecule has 36 heavy (non-hydrogen) atoms. The lowest BCUT2D eigenvalue weighted by molar-refractivity contribution is -0.0707. The first-order valence-electron chi connectivity index (χ1n) is 12.1. The monoisotopic (exact) mass is 489 g/mol. The second-order valence-electron chi connectivity index (χ2n) is 10.6. The first kappa shape index (κ1) is 24.1. The lowest BCUT2D eigenvalue weighted by Crippen LogP contribution is -2.35. The zero-order valence-electron chi connectivity index (χ0n) is 21.2. The van der Waals surface area contributed by atoms with Crippen LogP contribution >= 0.6 is 0 Å². The average Bonchev–Trinajstić information content (AvgIpc) is 3.45. The first-order chi connectivity index (χ1) is 17.0. The molecule has 1 aliphatic heterocycles. The van der Waals surface area contributed by atoms with Gasteiger partial charge in [-0.3, -0.25) is 14.5 Å². The fraction of sp³-hybridized carbons (Fsp3) is 0.407. The molecule has 1 saturated heterocycles. The first-order valence-corrected chi connectivity index (χ1v) is 12.1. The maximum atomic E-state index is 13.1. The van der Waals surface area contributed by atoms with Crippen LogP contribution in [-0.2, 0) is 10.3 Å². The molecule has 1 atom stereocenters. The van der Waals surface area contributed by atoms with Crippen LogP contribution in [0.2, 0.25) is 0 Å². The van der Waals surface area contributed by atoms with Gasteiger partial charge in [0, 0.05) is 46.9 Å². The molecule has 0 saturated carbocycles. The highest BCUT2D eigenvalue weighted by atomic mass is 16.5. The third-order valence-corrected chi connectivity index (χ3v) is 6.49. The molecule has 1 unspecified atom stereocenters. The maximum absolute atomic E-state index is 13.1. The number of rotatable bonds is 5. The van der Waals surface area contributed by atoms with Gasteiger partial charge in [-0.25, -0.2) is 4.98 Å². The summed E-state index contributed by atoms with van der Waals surface area (Å²) >= 11 is 0. The Kier molecular flexibility index (Phi) is 5.92. The fourth-order valence-corrected chi connectivity index (χ4v) is 4.69. The summed E-state index contributed by atoms with van der Waals surface area (Å²) in [7, 11) is 0. The lowest BCUT2D eigenvalue weighted by atomic mass is 9.94. The van der Waals surface area contributed by atoms with E-state index >= 15 is 0 Å². The Hall–Kier alpha value is -3.56. The van der Waals surface area contributed by atoms with E-state index in [4.69, 9.17) is 14.3 Å². The molecular weight excluding hydrogens is 458 g/mol. The van der Waals surface area contributed by atoms with Gasteiger partial charge in [-0.15, -0.1) is 0 Å². The summed E-state index contributed by atoms with van der Waals surface area (Å²) in [5, 5.41) is 19.5. The number of pyridine rings is 1. The average molecular weight is 490 g/mol. The number of fused-ring (bicyclic) bond motifs is 1. The Bertz CT molecular complexity index is 1430. The minimum Gasteiger partial charge on any atom is -0.444 e. The largest absolute Gasteiger partial charge is 0.444 e. The van der Waals surface area contributed by atoms with Crippen LogP contribution in [0, 0.1) is 6.92 Å². The van der Waals surface area contributed by atoms with Gasteiger partial charge in [-0.1, -0.05) is 0 Å². The number of oxazole rings is 1. The van der Waals surface area contributed by atoms with Crippen molar-refractivity contribution in [1.29, 1.82) is 0 Å². The SMILES string of the molecule is Cc1cc(-c2nc(C(=O)Nc3cc4cn(C5CCOC(C)(C)C5)nc4cc3C(C)(C)O)co2)ccn1. The van der Waals surface area contributed by atoms with E-state index in [1.165, 1.54) is 6.26 Å². The summed E-state index contributed by atoms with van der Waals surface area (Å²) in [5.41, 5.74) is 2.11. The molecule has 0 radical (unpaired) electrons. The summed E-state index contributed by atoms with van der Waals surface area (Å²) in [6, 6.07) is 7.51. The highest BCUT2D eigenvalue weighted by molar-refractivity contribution is 6.04. The molecule has 2 N–H and O–H groups in total. The van der Waals surface area contributed by atoms with Crippen molar-refractivity contribution in [3.63, 3.8) is 0 Å². The number of nitrogens with one attached hydrogen (secondary N) is 1. The van der Waals surface area contributed by atoms with E-state index < -0.39 is 11.5 Å². The predicted octanol–water partition coefficient (Wildman–Crippen LogP) is 5.00. The highest BCUT2D eigenvalue weighted by Gasteiger charge is 2.31. The number of aryl methyl sites for hydroxylation is 1. The summed E-state index contributed by atoms with van der Waals surface area (Å²) in [6.45, 7) is 10.1. The lowest BCUT2D eigenvalue weighted by Gasteiger charge is -2.35. The third-order valence-electron chi connectivity index (χ3n) is 6.49. The van der Waals surface area contributed by atoms with Gasteiger partial charge >= 0.3 is 0 Å². The number of carbonyl (C=O) groups excluding carboxylic acids is 1. The van der Waals surface area contributed by atoms with Gasteiger partial charge in [0.15, 0.2) is 5.69 Å². The minimum atomic E-state index is -1.20. The molecule has 5 rings (SSSR count). The molecule has 4 heterocycles. The molecule has 0 spiro atoms. The second-order valence-corrected chi connectivity index (χ2v) is 10.6. The van der Waals surface area contributed by atoms with Gasteiger partial charge in [0.25, 0.3) is 5.91 Å². The molecule has 9 nitrogen and oxygen atoms in total. The van der Waals surface area contributed by atoms with Crippen molar-refractivity contribution >= 4 is 22.5 Å². The smallest absolute Gasteiger partial charge is 0.277 e. The molecule has 0 aliphatic carbocycles. The number of benzene rings is 1. The van der Waals surface area contributed by atoms with E-state index in [1.54, 1.807) is 26.1 Å². The molecule has 1 aliphatic rings. The van der Waals surface area contributed by atoms with Crippen LogP contribution < -0.4 is 5.32 Å². The number of ether oxygens (including phenoxy) is 1. The molecule has 1 aromatic carbocycles. The fourth-order valence-electron chi connectivity index (χ4n) is 4.69. The van der Waals surface area contributed by atoms with Gasteiger partial charge in [0.1, 0.15) is 6.26 Å². The van der Waals surface area contributed by atoms with E-state index in [0.717, 1.165) is 35.0 Å². The normalized spacial score (nSPS) is 17.9. The molecule has 9 heteroatoms. The second kappa shape index (κ2) is 8.83. The summed E-state index contributed by atoms with van der Waals surface area (Å²) < 4.78 is 13.4. The number of aliphatic hydroxyl groups is 1. The van der Waals surface area contributed by atoms with E-state index in [9.17, 15) is 9.90 Å². The Morgan fingerprint density at radius 2 is 2.08 bits per heavy atom. The maximum Gasteiger partial charge on any atom is 0.277 e. The van der Waals surface area contributed by atoms with Crippen LogP contribution in [0.5, 0.6) is 0 Å². The number of anilines is 1. The van der Waals surface area contributed by atoms with Crippen molar-refractivity contribution in [3.8, 4) is 11.5 Å². The van der Waals surface area contributed by atoms with Gasteiger partial charge in [-0.2, -0.15) is 5.10 Å². The van der Waals surface area contributed by atoms with Crippen LogP contribution in [0.25, 0.3) is 22.4 Å². The summed E-state index contributed by atoms with van der Waals surface area (Å²) in [6.07, 6.45) is 6.72. The van der Waals surface area contributed by atoms with E-state index in [2.05, 4.69) is 29.1 Å². The highest BCUT2D eigenvalue weighted by Crippen LogP contribution is 2.35. The number of carbonyl (C=O) groups is 1. The number of aromatic nitrogens is 4. The Balaban J connectivity index is 1.45. The Labute approximate surface area is 209 Å². The number of hydrogen-bond donors (Lipinski definition) is 2. The van der Waals surface area contributed by atoms with Crippen LogP contribution in [0.4, 0.5) is 5.69 Å². The zero-order chi connectivity index (χ0) is 25.7. The molecule has 0 bridgehead atoms. The third kappa shape index (κ3) is 4.89. The van der Waals surface area contributed by atoms with E-state index in [0.29, 0.717) is 23.7 Å². The van der Waals surface area contributed by atoms with Gasteiger partial charge in [0.2, 0.25) is 5.89 Å². The minimum absolute atomic E-state index is 0.140. The zero-order valence-corrected chi connectivity index (χ0v) is 21.2. The van der Waals surface area contributed by atoms with Crippen LogP contribution in [0.1, 0.15) is 68.3 Å². The topological polar surface area (TPSA) is 115 Å². The van der Waals surface area contributed by atoms with E-state index in [-0.39, 0.29) is 17.3 Å². The van der Waals surface area contributed by atoms with Gasteiger partial charge < -0.3 is 19.6 Å². The molecule has 188 valence electrons. The van der Waals surface area contributed by atoms with E-state index in [1.807, 2.05) is 36.0 Å². The molecule has 4 aromatic rings. The van der Waals surface area contributed by atoms with Gasteiger partial charge in [0.05, 0.1) is 22.8 Å². The number of amides is 1. The van der Waals surface area contributed by atoms with Gasteiger partial charge in [-0.05, 0) is 71.7 Å². The van der Waals surface area contributed by atoms with Crippen molar-refractivity contribution in [1.82, 2.24) is 19.7 Å². The Morgan fingerprint density at radius 3 is 2.81 bits per heavy atom. The molecular formula is C27H31N5O4. The summed E-state index contributed by atoms with van der Waals surface area (Å²) in [4.78, 5) is 21.6. The molecule has 1 amide bonds. The van der Waals surface area contributed by atoms with Crippen molar-refractivity contribution in [3.05, 3.63) is 59.9 Å². The van der Waals surface area contributed by atoms with Crippen molar-refractivity contribution in [2.24, 2.45) is 0 Å².